The van der Waals surface area contributed by atoms with Crippen molar-refractivity contribution in [3.8, 4) is 122 Å². The van der Waals surface area contributed by atoms with Crippen molar-refractivity contribution >= 4 is 116 Å². The second-order valence-electron chi connectivity index (χ2n) is 37.4. The molecule has 0 aromatic heterocycles. The van der Waals surface area contributed by atoms with Crippen molar-refractivity contribution in [1.29, 1.82) is 0 Å². The predicted octanol–water partition coefficient (Wildman–Crippen LogP) is 40.7. The van der Waals surface area contributed by atoms with Crippen LogP contribution in [0.15, 0.2) is 613 Å². The van der Waals surface area contributed by atoms with Crippen molar-refractivity contribution in [2.75, 3.05) is 14.7 Å². The Balaban J connectivity index is 0.000000118. The number of anilines is 9. The molecule has 0 spiro atoms. The van der Waals surface area contributed by atoms with Crippen LogP contribution >= 0.6 is 0 Å². The second-order valence-corrected chi connectivity index (χ2v) is 37.4. The third kappa shape index (κ3) is 19.1. The molecule has 3 nitrogen and oxygen atoms in total. The number of hydrogen-bond acceptors (Lipinski definition) is 3. The van der Waals surface area contributed by atoms with Gasteiger partial charge in [-0.2, -0.15) is 0 Å². The highest BCUT2D eigenvalue weighted by Gasteiger charge is 2.22. The SMILES string of the molecule is c1ccc(-c2ccc(-c3ccc(N(c4ccccc4)c4ccc(-c5ccc6c(-c7ccccc7)cccc6c5)cc4)cc3)cc2)cc1.c1ccc(-c2cccc(-c3ccc(N(c4ccccc4)c4ccc(-c5ccc6c(-c7ccccc7)cccc6c5)cc4)cc3)c2)cc1.c1ccc(-c2cccc3cc(-c4ccc(N(c5ccc(-c6cccc7ccccc67)cc5)c5cc6ccccc6c6ccccc56)cc4)ccc23)cc1. The summed E-state index contributed by atoms with van der Waals surface area (Å²) in [4.78, 5) is 7.05. The summed E-state index contributed by atoms with van der Waals surface area (Å²) in [6.45, 7) is 0. The number of para-hydroxylation sites is 2. The van der Waals surface area contributed by atoms with Gasteiger partial charge in [0, 0.05) is 50.9 Å². The van der Waals surface area contributed by atoms with Gasteiger partial charge in [0.25, 0.3) is 0 Å². The molecule has 26 aromatic carbocycles. The smallest absolute Gasteiger partial charge is 0.0546 e. The minimum absolute atomic E-state index is 1.11. The minimum atomic E-state index is 1.11. The third-order valence-corrected chi connectivity index (χ3v) is 28.4. The molecule has 0 aliphatic rings. The zero-order chi connectivity index (χ0) is 98.0. The number of nitrogens with zero attached hydrogens (tertiary/aromatic N) is 3. The molecule has 0 atom stereocenters. The first-order valence-electron chi connectivity index (χ1n) is 50.5. The predicted molar refractivity (Wildman–Crippen MR) is 628 cm³/mol. The molecule has 3 heteroatoms. The minimum Gasteiger partial charge on any atom is -0.311 e. The maximum Gasteiger partial charge on any atom is 0.0546 e. The normalized spacial score (nSPS) is 11.1. The maximum atomic E-state index is 2.41. The van der Waals surface area contributed by atoms with E-state index in [1.54, 1.807) is 0 Å². The number of hydrogen-bond donors (Lipinski definition) is 0. The van der Waals surface area contributed by atoms with Crippen molar-refractivity contribution in [2.24, 2.45) is 0 Å². The van der Waals surface area contributed by atoms with Crippen LogP contribution in [0.25, 0.3) is 187 Å². The molecule has 0 radical (unpaired) electrons. The van der Waals surface area contributed by atoms with E-state index in [0.717, 1.165) is 51.2 Å². The zero-order valence-corrected chi connectivity index (χ0v) is 81.2. The van der Waals surface area contributed by atoms with E-state index in [4.69, 9.17) is 0 Å². The van der Waals surface area contributed by atoms with Crippen molar-refractivity contribution in [3.05, 3.63) is 613 Å². The summed E-state index contributed by atoms with van der Waals surface area (Å²) in [6.07, 6.45) is 0. The van der Waals surface area contributed by atoms with Gasteiger partial charge in [0.2, 0.25) is 0 Å². The standard InChI is InChI=1S/C52H35N.2C46H33N/c1-2-12-37(13-3-1)46-23-11-17-41-34-40(28-33-49(41)46)36-24-29-43(30-25-36)53(52-35-42-15-5-7-19-48(42)50-20-8-9-21-51(50)52)44-31-26-39(27-32-44)47-22-10-16-38-14-4-6-18-45(38)47;1-4-12-34(13-5-1)38-16-10-17-39(32-38)35-22-27-43(28-23-35)47(42-19-8-3-9-20-42)44-29-24-36(25-30-44)40-26-31-46-41(33-40)18-11-21-45(46)37-14-6-2-7-15-37;1-4-11-34(12-5-1)35-19-21-36(22-20-35)37-23-28-43(29-24-37)47(42-16-8-3-9-17-42)44-30-25-38(26-31-44)40-27-32-46-41(33-40)15-10-18-45(46)39-13-6-2-7-14-39/h1-35H;2*1-33H. The summed E-state index contributed by atoms with van der Waals surface area (Å²) < 4.78 is 0. The van der Waals surface area contributed by atoms with Gasteiger partial charge >= 0.3 is 0 Å². The highest BCUT2D eigenvalue weighted by atomic mass is 15.2. The zero-order valence-electron chi connectivity index (χ0n) is 81.2. The number of rotatable bonds is 20. The Labute approximate surface area is 859 Å². The molecule has 0 aliphatic carbocycles. The van der Waals surface area contributed by atoms with Gasteiger partial charge < -0.3 is 14.7 Å². The molecule has 0 N–H and O–H groups in total. The van der Waals surface area contributed by atoms with E-state index in [1.165, 1.54) is 187 Å². The van der Waals surface area contributed by atoms with E-state index >= 15 is 0 Å². The lowest BCUT2D eigenvalue weighted by atomic mass is 9.95. The van der Waals surface area contributed by atoms with Crippen LogP contribution in [-0.2, 0) is 0 Å². The van der Waals surface area contributed by atoms with E-state index < -0.39 is 0 Å². The highest BCUT2D eigenvalue weighted by molar-refractivity contribution is 6.15. The van der Waals surface area contributed by atoms with E-state index in [-0.39, 0.29) is 0 Å². The quantitative estimate of drug-likeness (QED) is 0.0704. The Bertz CT molecular complexity index is 9100. The second kappa shape index (κ2) is 41.5. The van der Waals surface area contributed by atoms with Crippen molar-refractivity contribution in [1.82, 2.24) is 0 Å². The van der Waals surface area contributed by atoms with Crippen molar-refractivity contribution in [3.63, 3.8) is 0 Å². The Morgan fingerprint density at radius 3 is 0.633 bits per heavy atom. The highest BCUT2D eigenvalue weighted by Crippen LogP contribution is 2.47. The van der Waals surface area contributed by atoms with E-state index in [9.17, 15) is 0 Å². The molecular weight excluding hydrogens is 1770 g/mol. The molecule has 0 heterocycles. The summed E-state index contributed by atoms with van der Waals surface area (Å²) >= 11 is 0. The molecule has 0 fully saturated rings. The van der Waals surface area contributed by atoms with Gasteiger partial charge in [0.15, 0.2) is 0 Å². The molecular formula is C144H101N3. The molecule has 26 aromatic rings. The Morgan fingerprint density at radius 2 is 0.279 bits per heavy atom. The summed E-state index contributed by atoms with van der Waals surface area (Å²) in [5.74, 6) is 0. The lowest BCUT2D eigenvalue weighted by Crippen LogP contribution is -2.10. The van der Waals surface area contributed by atoms with Crippen LogP contribution in [0.5, 0.6) is 0 Å². The third-order valence-electron chi connectivity index (χ3n) is 28.4. The first-order valence-corrected chi connectivity index (χ1v) is 50.5. The number of fused-ring (bicyclic) bond motifs is 7. The van der Waals surface area contributed by atoms with Crippen LogP contribution in [0.1, 0.15) is 0 Å². The Morgan fingerprint density at radius 1 is 0.0884 bits per heavy atom. The monoisotopic (exact) mass is 1870 g/mol. The molecule has 0 aliphatic heterocycles. The average Bonchev–Trinajstić information content (AvgIpc) is 0.750. The van der Waals surface area contributed by atoms with E-state index in [2.05, 4.69) is 627 Å². The van der Waals surface area contributed by atoms with Crippen LogP contribution in [0.2, 0.25) is 0 Å². The summed E-state index contributed by atoms with van der Waals surface area (Å²) in [7, 11) is 0. The van der Waals surface area contributed by atoms with E-state index in [0.29, 0.717) is 0 Å². The first-order chi connectivity index (χ1) is 72.9. The maximum absolute atomic E-state index is 2.41. The lowest BCUT2D eigenvalue weighted by molar-refractivity contribution is 1.28. The number of benzene rings is 26. The fourth-order valence-corrected chi connectivity index (χ4v) is 21.0. The molecule has 0 amide bonds. The van der Waals surface area contributed by atoms with Gasteiger partial charge in [-0.3, -0.25) is 0 Å². The van der Waals surface area contributed by atoms with Crippen LogP contribution in [0.4, 0.5) is 51.2 Å². The van der Waals surface area contributed by atoms with Crippen LogP contribution in [0, 0.1) is 0 Å². The van der Waals surface area contributed by atoms with Gasteiger partial charge in [-0.1, -0.05) is 485 Å². The van der Waals surface area contributed by atoms with Gasteiger partial charge in [0.1, 0.15) is 0 Å². The summed E-state index contributed by atoms with van der Waals surface area (Å²) in [5, 5.41) is 15.0. The Kier molecular flexibility index (Phi) is 25.5. The van der Waals surface area contributed by atoms with Gasteiger partial charge in [0.05, 0.1) is 5.69 Å². The van der Waals surface area contributed by atoms with Crippen molar-refractivity contribution in [2.45, 2.75) is 0 Å². The van der Waals surface area contributed by atoms with Crippen LogP contribution < -0.4 is 14.7 Å². The largest absolute Gasteiger partial charge is 0.311 e. The molecule has 147 heavy (non-hydrogen) atoms. The van der Waals surface area contributed by atoms with Crippen molar-refractivity contribution < 1.29 is 0 Å². The van der Waals surface area contributed by atoms with E-state index in [1.807, 2.05) is 0 Å². The fraction of sp³-hybridized carbons (Fsp3) is 0. The molecule has 692 valence electrons. The summed E-state index contributed by atoms with van der Waals surface area (Å²) in [6, 6.07) is 221. The van der Waals surface area contributed by atoms with Gasteiger partial charge in [-0.15, -0.1) is 0 Å². The van der Waals surface area contributed by atoms with Crippen LogP contribution in [0.3, 0.4) is 0 Å². The fourth-order valence-electron chi connectivity index (χ4n) is 21.0. The molecule has 26 rings (SSSR count). The molecule has 0 bridgehead atoms. The Hall–Kier alpha value is -19.3. The average molecular weight is 1870 g/mol. The molecule has 0 unspecified atom stereocenters. The van der Waals surface area contributed by atoms with Gasteiger partial charge in [-0.25, -0.2) is 0 Å². The first kappa shape index (κ1) is 90.2. The van der Waals surface area contributed by atoms with Crippen LogP contribution in [-0.4, -0.2) is 0 Å². The topological polar surface area (TPSA) is 9.72 Å². The lowest BCUT2D eigenvalue weighted by Gasteiger charge is -2.28. The molecule has 0 saturated carbocycles. The molecule has 0 saturated heterocycles. The summed E-state index contributed by atoms with van der Waals surface area (Å²) in [5.41, 5.74) is 37.0. The van der Waals surface area contributed by atoms with Gasteiger partial charge in [-0.05, 0) is 309 Å².